The van der Waals surface area contributed by atoms with Crippen molar-refractivity contribution in [3.05, 3.63) is 65.5 Å². The number of hydrogen-bond acceptors (Lipinski definition) is 1. The van der Waals surface area contributed by atoms with Gasteiger partial charge in [-0.1, -0.05) is 38.0 Å². The van der Waals surface area contributed by atoms with Crippen LogP contribution in [0.5, 0.6) is 5.75 Å². The lowest BCUT2D eigenvalue weighted by Gasteiger charge is -2.27. The van der Waals surface area contributed by atoms with E-state index in [1.807, 2.05) is 24.3 Å². The Hall–Kier alpha value is -2.27. The number of benzene rings is 2. The summed E-state index contributed by atoms with van der Waals surface area (Å²) in [7, 11) is 0. The van der Waals surface area contributed by atoms with Gasteiger partial charge in [0, 0.05) is 11.1 Å². The molecule has 0 unspecified atom stereocenters. The predicted molar refractivity (Wildman–Crippen MR) is 100 cm³/mol. The van der Waals surface area contributed by atoms with Crippen LogP contribution in [0.1, 0.15) is 50.2 Å². The second-order valence-corrected chi connectivity index (χ2v) is 6.89. The van der Waals surface area contributed by atoms with E-state index in [4.69, 9.17) is 4.74 Å². The Morgan fingerprint density at radius 1 is 0.840 bits per heavy atom. The van der Waals surface area contributed by atoms with Crippen LogP contribution in [0.25, 0.3) is 0 Å². The second-order valence-electron chi connectivity index (χ2n) is 6.89. The normalized spacial score (nSPS) is 19.8. The topological polar surface area (TPSA) is 9.23 Å². The van der Waals surface area contributed by atoms with Crippen LogP contribution >= 0.6 is 0 Å². The van der Waals surface area contributed by atoms with Crippen molar-refractivity contribution in [3.63, 3.8) is 0 Å². The molecule has 1 saturated carbocycles. The molecule has 3 rings (SSSR count). The van der Waals surface area contributed by atoms with Crippen molar-refractivity contribution < 1.29 is 9.13 Å². The Balaban J connectivity index is 1.50. The predicted octanol–water partition coefficient (Wildman–Crippen LogP) is 5.82. The summed E-state index contributed by atoms with van der Waals surface area (Å²) < 4.78 is 18.8. The average Bonchev–Trinajstić information content (AvgIpc) is 2.67. The summed E-state index contributed by atoms with van der Waals surface area (Å²) in [5.41, 5.74) is 1.74. The first-order valence-electron chi connectivity index (χ1n) is 9.23. The lowest BCUT2D eigenvalue weighted by molar-refractivity contribution is 0.181. The molecule has 0 atom stereocenters. The van der Waals surface area contributed by atoms with Crippen LogP contribution in [0, 0.1) is 29.5 Å². The molecule has 1 aliphatic rings. The minimum Gasteiger partial charge on any atom is -0.493 e. The molecule has 25 heavy (non-hydrogen) atoms. The van der Waals surface area contributed by atoms with Crippen molar-refractivity contribution >= 4 is 0 Å². The molecule has 0 amide bonds. The van der Waals surface area contributed by atoms with Gasteiger partial charge in [0.05, 0.1) is 6.61 Å². The third-order valence-electron chi connectivity index (χ3n) is 5.08. The van der Waals surface area contributed by atoms with Gasteiger partial charge in [0.15, 0.2) is 0 Å². The number of ether oxygens (including phenoxy) is 1. The summed E-state index contributed by atoms with van der Waals surface area (Å²) in [5, 5.41) is 0. The third kappa shape index (κ3) is 5.36. The number of rotatable bonds is 4. The molecular formula is C23H25FO. The van der Waals surface area contributed by atoms with E-state index < -0.39 is 0 Å². The van der Waals surface area contributed by atoms with E-state index in [1.54, 1.807) is 12.1 Å². The van der Waals surface area contributed by atoms with E-state index in [9.17, 15) is 4.39 Å². The van der Waals surface area contributed by atoms with E-state index in [-0.39, 0.29) is 5.82 Å². The summed E-state index contributed by atoms with van der Waals surface area (Å²) in [5.74, 6) is 8.43. The Morgan fingerprint density at radius 3 is 1.92 bits per heavy atom. The molecule has 0 heterocycles. The van der Waals surface area contributed by atoms with Gasteiger partial charge in [-0.3, -0.25) is 0 Å². The fourth-order valence-corrected chi connectivity index (χ4v) is 3.33. The Kier molecular flexibility index (Phi) is 6.12. The standard InChI is InChI=1S/C23H25FO/c1-2-18-3-7-21(8-4-18)17-25-23-15-11-20(12-16-23)6-5-19-9-13-22(24)14-10-19/h9-16,18,21H,2-4,7-8,17H2,1H3. The highest BCUT2D eigenvalue weighted by Crippen LogP contribution is 2.31. The van der Waals surface area contributed by atoms with Gasteiger partial charge in [0.25, 0.3) is 0 Å². The SMILES string of the molecule is CCC1CCC(COc2ccc(C#Cc3ccc(F)cc3)cc2)CC1. The van der Waals surface area contributed by atoms with Crippen molar-refractivity contribution in [1.82, 2.24) is 0 Å². The summed E-state index contributed by atoms with van der Waals surface area (Å²) >= 11 is 0. The highest BCUT2D eigenvalue weighted by atomic mass is 19.1. The maximum absolute atomic E-state index is 12.9. The highest BCUT2D eigenvalue weighted by molar-refractivity contribution is 5.44. The molecule has 130 valence electrons. The summed E-state index contributed by atoms with van der Waals surface area (Å²) in [4.78, 5) is 0. The largest absolute Gasteiger partial charge is 0.493 e. The second kappa shape index (κ2) is 8.72. The van der Waals surface area contributed by atoms with Gasteiger partial charge < -0.3 is 4.74 Å². The summed E-state index contributed by atoms with van der Waals surface area (Å²) in [6.07, 6.45) is 6.60. The van der Waals surface area contributed by atoms with Crippen LogP contribution < -0.4 is 4.74 Å². The van der Waals surface area contributed by atoms with Crippen LogP contribution in [0.15, 0.2) is 48.5 Å². The molecule has 1 fully saturated rings. The van der Waals surface area contributed by atoms with E-state index in [2.05, 4.69) is 18.8 Å². The molecule has 1 nitrogen and oxygen atoms in total. The molecule has 2 aromatic rings. The monoisotopic (exact) mass is 336 g/mol. The Bertz CT molecular complexity index is 713. The fraction of sp³-hybridized carbons (Fsp3) is 0.391. The van der Waals surface area contributed by atoms with Crippen LogP contribution in [-0.4, -0.2) is 6.61 Å². The van der Waals surface area contributed by atoms with Crippen molar-refractivity contribution in [2.24, 2.45) is 11.8 Å². The minimum absolute atomic E-state index is 0.241. The van der Waals surface area contributed by atoms with Crippen molar-refractivity contribution in [2.45, 2.75) is 39.0 Å². The quantitative estimate of drug-likeness (QED) is 0.639. The maximum atomic E-state index is 12.9. The zero-order chi connectivity index (χ0) is 17.5. The first-order valence-corrected chi connectivity index (χ1v) is 9.23. The van der Waals surface area contributed by atoms with Crippen molar-refractivity contribution in [2.75, 3.05) is 6.61 Å². The molecule has 2 aromatic carbocycles. The first kappa shape index (κ1) is 17.5. The van der Waals surface area contributed by atoms with Gasteiger partial charge in [-0.05, 0) is 73.2 Å². The summed E-state index contributed by atoms with van der Waals surface area (Å²) in [6, 6.07) is 14.1. The molecule has 0 aromatic heterocycles. The van der Waals surface area contributed by atoms with Crippen LogP contribution in [-0.2, 0) is 0 Å². The van der Waals surface area contributed by atoms with Gasteiger partial charge in [-0.15, -0.1) is 0 Å². The molecule has 0 aliphatic heterocycles. The Morgan fingerprint density at radius 2 is 1.36 bits per heavy atom. The van der Waals surface area contributed by atoms with Gasteiger partial charge in [-0.2, -0.15) is 0 Å². The molecular weight excluding hydrogens is 311 g/mol. The zero-order valence-electron chi connectivity index (χ0n) is 14.8. The van der Waals surface area contributed by atoms with Crippen molar-refractivity contribution in [3.8, 4) is 17.6 Å². The van der Waals surface area contributed by atoms with Crippen molar-refractivity contribution in [1.29, 1.82) is 0 Å². The van der Waals surface area contributed by atoms with Gasteiger partial charge in [0.2, 0.25) is 0 Å². The van der Waals surface area contributed by atoms with E-state index in [0.29, 0.717) is 5.92 Å². The van der Waals surface area contributed by atoms with E-state index in [1.165, 1.54) is 44.2 Å². The maximum Gasteiger partial charge on any atom is 0.123 e. The molecule has 0 radical (unpaired) electrons. The molecule has 0 N–H and O–H groups in total. The van der Waals surface area contributed by atoms with Gasteiger partial charge in [-0.25, -0.2) is 4.39 Å². The van der Waals surface area contributed by atoms with E-state index in [0.717, 1.165) is 29.4 Å². The molecule has 0 bridgehead atoms. The molecule has 0 saturated heterocycles. The minimum atomic E-state index is -0.241. The van der Waals surface area contributed by atoms with Crippen LogP contribution in [0.2, 0.25) is 0 Å². The van der Waals surface area contributed by atoms with Crippen LogP contribution in [0.4, 0.5) is 4.39 Å². The van der Waals surface area contributed by atoms with Gasteiger partial charge in [0.1, 0.15) is 11.6 Å². The smallest absolute Gasteiger partial charge is 0.123 e. The van der Waals surface area contributed by atoms with Gasteiger partial charge >= 0.3 is 0 Å². The lowest BCUT2D eigenvalue weighted by atomic mass is 9.81. The molecule has 2 heteroatoms. The zero-order valence-corrected chi connectivity index (χ0v) is 14.8. The third-order valence-corrected chi connectivity index (χ3v) is 5.08. The molecule has 1 aliphatic carbocycles. The Labute approximate surface area is 150 Å². The number of hydrogen-bond donors (Lipinski definition) is 0. The lowest BCUT2D eigenvalue weighted by Crippen LogP contribution is -2.19. The van der Waals surface area contributed by atoms with Crippen LogP contribution in [0.3, 0.4) is 0 Å². The summed E-state index contributed by atoms with van der Waals surface area (Å²) in [6.45, 7) is 3.11. The highest BCUT2D eigenvalue weighted by Gasteiger charge is 2.20. The fourth-order valence-electron chi connectivity index (χ4n) is 3.33. The molecule has 0 spiro atoms. The number of halogens is 1. The average molecular weight is 336 g/mol. The van der Waals surface area contributed by atoms with E-state index >= 15 is 0 Å². The first-order chi connectivity index (χ1) is 12.2.